The van der Waals surface area contributed by atoms with E-state index in [9.17, 15) is 0 Å². The van der Waals surface area contributed by atoms with Crippen LogP contribution in [-0.2, 0) is 0 Å². The third-order valence-electron chi connectivity index (χ3n) is 4.10. The summed E-state index contributed by atoms with van der Waals surface area (Å²) in [4.78, 5) is 9.08. The van der Waals surface area contributed by atoms with E-state index in [1.54, 1.807) is 0 Å². The average Bonchev–Trinajstić information content (AvgIpc) is 2.57. The lowest BCUT2D eigenvalue weighted by Gasteiger charge is -2.12. The Labute approximate surface area is 149 Å². The molecule has 0 aliphatic carbocycles. The van der Waals surface area contributed by atoms with Gasteiger partial charge in [-0.1, -0.05) is 44.2 Å². The number of aromatic nitrogens is 2. The molecule has 0 saturated carbocycles. The van der Waals surface area contributed by atoms with E-state index < -0.39 is 0 Å². The number of benzene rings is 2. The van der Waals surface area contributed by atoms with Crippen molar-refractivity contribution in [3.8, 4) is 0 Å². The highest BCUT2D eigenvalue weighted by atomic mass is 15.1. The summed E-state index contributed by atoms with van der Waals surface area (Å²) in [5.74, 6) is 1.90. The van der Waals surface area contributed by atoms with E-state index in [4.69, 9.17) is 0 Å². The summed E-state index contributed by atoms with van der Waals surface area (Å²) in [6.45, 7) is 8.42. The fraction of sp³-hybridized carbons (Fsp3) is 0.238. The number of para-hydroxylation sites is 1. The molecule has 0 unspecified atom stereocenters. The normalized spacial score (nSPS) is 10.8. The molecule has 0 spiro atoms. The monoisotopic (exact) mass is 332 g/mol. The van der Waals surface area contributed by atoms with Crippen molar-refractivity contribution in [2.75, 3.05) is 10.6 Å². The van der Waals surface area contributed by atoms with Crippen molar-refractivity contribution < 1.29 is 0 Å². The summed E-state index contributed by atoms with van der Waals surface area (Å²) in [6.07, 6.45) is 0. The Hall–Kier alpha value is -2.88. The van der Waals surface area contributed by atoms with Gasteiger partial charge in [0.1, 0.15) is 5.82 Å². The molecular weight excluding hydrogens is 308 g/mol. The van der Waals surface area contributed by atoms with Crippen LogP contribution in [0.25, 0.3) is 0 Å². The van der Waals surface area contributed by atoms with Gasteiger partial charge in [0.2, 0.25) is 5.95 Å². The van der Waals surface area contributed by atoms with Crippen LogP contribution in [0.2, 0.25) is 0 Å². The smallest absolute Gasteiger partial charge is 0.229 e. The first-order valence-corrected chi connectivity index (χ1v) is 8.56. The molecule has 3 rings (SSSR count). The number of nitrogens with zero attached hydrogens (tertiary/aromatic N) is 2. The lowest BCUT2D eigenvalue weighted by Crippen LogP contribution is -2.03. The van der Waals surface area contributed by atoms with E-state index in [1.807, 2.05) is 31.2 Å². The lowest BCUT2D eigenvalue weighted by atomic mass is 10.0. The Morgan fingerprint density at radius 3 is 2.24 bits per heavy atom. The Balaban J connectivity index is 1.80. The Bertz CT molecular complexity index is 854. The van der Waals surface area contributed by atoms with Crippen LogP contribution in [0.4, 0.5) is 23.1 Å². The van der Waals surface area contributed by atoms with Crippen molar-refractivity contribution >= 4 is 23.1 Å². The lowest BCUT2D eigenvalue weighted by molar-refractivity contribution is 0.867. The van der Waals surface area contributed by atoms with Crippen molar-refractivity contribution in [2.45, 2.75) is 33.6 Å². The highest BCUT2D eigenvalue weighted by Gasteiger charge is 2.05. The van der Waals surface area contributed by atoms with Gasteiger partial charge in [0.15, 0.2) is 0 Å². The molecule has 0 saturated heterocycles. The molecule has 0 aliphatic rings. The molecule has 4 heteroatoms. The summed E-state index contributed by atoms with van der Waals surface area (Å²) in [5.41, 5.74) is 5.43. The minimum absolute atomic E-state index is 0.528. The van der Waals surface area contributed by atoms with Gasteiger partial charge in [0.25, 0.3) is 0 Å². The molecule has 0 bridgehead atoms. The second kappa shape index (κ2) is 7.34. The molecule has 1 aromatic heterocycles. The highest BCUT2D eigenvalue weighted by molar-refractivity contribution is 5.62. The Kier molecular flexibility index (Phi) is 4.98. The zero-order chi connectivity index (χ0) is 17.8. The number of hydrogen-bond donors (Lipinski definition) is 2. The third-order valence-corrected chi connectivity index (χ3v) is 4.10. The largest absolute Gasteiger partial charge is 0.340 e. The van der Waals surface area contributed by atoms with E-state index in [1.165, 1.54) is 5.56 Å². The first kappa shape index (κ1) is 17.0. The quantitative estimate of drug-likeness (QED) is 0.629. The maximum absolute atomic E-state index is 4.59. The second-order valence-corrected chi connectivity index (χ2v) is 6.56. The maximum atomic E-state index is 4.59. The molecule has 3 aromatic rings. The topological polar surface area (TPSA) is 49.8 Å². The van der Waals surface area contributed by atoms with Gasteiger partial charge >= 0.3 is 0 Å². The number of hydrogen-bond acceptors (Lipinski definition) is 4. The number of rotatable bonds is 5. The first-order valence-electron chi connectivity index (χ1n) is 8.56. The molecule has 4 nitrogen and oxygen atoms in total. The molecule has 2 aromatic carbocycles. The van der Waals surface area contributed by atoms with Gasteiger partial charge in [0, 0.05) is 23.1 Å². The first-order chi connectivity index (χ1) is 12.0. The molecule has 0 amide bonds. The highest BCUT2D eigenvalue weighted by Crippen LogP contribution is 2.22. The van der Waals surface area contributed by atoms with Crippen molar-refractivity contribution in [3.05, 3.63) is 71.4 Å². The van der Waals surface area contributed by atoms with Crippen LogP contribution in [0.1, 0.15) is 36.6 Å². The van der Waals surface area contributed by atoms with E-state index in [2.05, 4.69) is 71.7 Å². The fourth-order valence-electron chi connectivity index (χ4n) is 2.62. The average molecular weight is 332 g/mol. The van der Waals surface area contributed by atoms with Crippen LogP contribution < -0.4 is 10.6 Å². The van der Waals surface area contributed by atoms with E-state index in [0.717, 1.165) is 28.5 Å². The molecule has 0 fully saturated rings. The van der Waals surface area contributed by atoms with Gasteiger partial charge in [-0.15, -0.1) is 0 Å². The fourth-order valence-corrected chi connectivity index (χ4v) is 2.62. The standard InChI is InChI=1S/C21H24N4/c1-14(2)17-9-11-18(12-10-17)23-20-13-16(4)22-21(25-20)24-19-8-6-5-7-15(19)3/h5-14H,1-4H3,(H2,22,23,24,25). The number of anilines is 4. The van der Waals surface area contributed by atoms with Crippen molar-refractivity contribution in [1.29, 1.82) is 0 Å². The minimum Gasteiger partial charge on any atom is -0.340 e. The van der Waals surface area contributed by atoms with E-state index in [-0.39, 0.29) is 0 Å². The summed E-state index contributed by atoms with van der Waals surface area (Å²) in [6, 6.07) is 18.5. The van der Waals surface area contributed by atoms with Crippen LogP contribution in [-0.4, -0.2) is 9.97 Å². The van der Waals surface area contributed by atoms with Crippen LogP contribution in [0.3, 0.4) is 0 Å². The molecule has 0 atom stereocenters. The van der Waals surface area contributed by atoms with Gasteiger partial charge < -0.3 is 10.6 Å². The molecule has 0 radical (unpaired) electrons. The Morgan fingerprint density at radius 2 is 1.56 bits per heavy atom. The predicted octanol–water partition coefficient (Wildman–Crippen LogP) is 5.70. The molecule has 128 valence electrons. The second-order valence-electron chi connectivity index (χ2n) is 6.56. The molecular formula is C21H24N4. The molecule has 2 N–H and O–H groups in total. The zero-order valence-electron chi connectivity index (χ0n) is 15.2. The number of aryl methyl sites for hydroxylation is 2. The van der Waals surface area contributed by atoms with Crippen LogP contribution >= 0.6 is 0 Å². The predicted molar refractivity (Wildman–Crippen MR) is 105 cm³/mol. The van der Waals surface area contributed by atoms with Gasteiger partial charge in [-0.3, -0.25) is 0 Å². The minimum atomic E-state index is 0.528. The van der Waals surface area contributed by atoms with Gasteiger partial charge in [-0.05, 0) is 49.1 Å². The van der Waals surface area contributed by atoms with Crippen LogP contribution in [0.5, 0.6) is 0 Å². The van der Waals surface area contributed by atoms with Crippen molar-refractivity contribution in [2.24, 2.45) is 0 Å². The Morgan fingerprint density at radius 1 is 0.840 bits per heavy atom. The summed E-state index contributed by atoms with van der Waals surface area (Å²) < 4.78 is 0. The van der Waals surface area contributed by atoms with Gasteiger partial charge in [-0.25, -0.2) is 4.98 Å². The number of nitrogens with one attached hydrogen (secondary N) is 2. The van der Waals surface area contributed by atoms with Crippen molar-refractivity contribution in [3.63, 3.8) is 0 Å². The van der Waals surface area contributed by atoms with E-state index >= 15 is 0 Å². The third kappa shape index (κ3) is 4.35. The summed E-state index contributed by atoms with van der Waals surface area (Å²) in [7, 11) is 0. The molecule has 25 heavy (non-hydrogen) atoms. The van der Waals surface area contributed by atoms with Gasteiger partial charge in [0.05, 0.1) is 0 Å². The van der Waals surface area contributed by atoms with Crippen molar-refractivity contribution in [1.82, 2.24) is 9.97 Å². The zero-order valence-corrected chi connectivity index (χ0v) is 15.2. The maximum Gasteiger partial charge on any atom is 0.229 e. The molecule has 0 aliphatic heterocycles. The van der Waals surface area contributed by atoms with Gasteiger partial charge in [-0.2, -0.15) is 4.98 Å². The molecule has 1 heterocycles. The summed E-state index contributed by atoms with van der Waals surface area (Å²) in [5, 5.41) is 6.66. The van der Waals surface area contributed by atoms with E-state index in [0.29, 0.717) is 11.9 Å². The van der Waals surface area contributed by atoms with Crippen LogP contribution in [0.15, 0.2) is 54.6 Å². The van der Waals surface area contributed by atoms with Crippen LogP contribution in [0, 0.1) is 13.8 Å². The SMILES string of the molecule is Cc1cc(Nc2ccc(C(C)C)cc2)nc(Nc2ccccc2C)n1. The summed E-state index contributed by atoms with van der Waals surface area (Å²) >= 11 is 0.